The van der Waals surface area contributed by atoms with Crippen LogP contribution in [0.25, 0.3) is 11.1 Å². The lowest BCUT2D eigenvalue weighted by Crippen LogP contribution is -2.44. The summed E-state index contributed by atoms with van der Waals surface area (Å²) in [5.41, 5.74) is 11.8. The summed E-state index contributed by atoms with van der Waals surface area (Å²) in [6.07, 6.45) is 4.36. The van der Waals surface area contributed by atoms with Crippen molar-refractivity contribution in [2.24, 2.45) is 16.5 Å². The normalized spacial score (nSPS) is 23.0. The predicted molar refractivity (Wildman–Crippen MR) is 114 cm³/mol. The van der Waals surface area contributed by atoms with Gasteiger partial charge in [0, 0.05) is 29.9 Å². The average molecular weight is 425 g/mol. The van der Waals surface area contributed by atoms with Gasteiger partial charge in [0.25, 0.3) is 5.91 Å². The maximum Gasteiger partial charge on any atom is 0.266 e. The minimum Gasteiger partial charge on any atom is -0.455 e. The number of carbonyl (C=O) groups excluding carboxylic acids is 1. The molecule has 1 unspecified atom stereocenters. The van der Waals surface area contributed by atoms with Crippen LogP contribution in [0, 0.1) is 5.82 Å². The number of ether oxygens (including phenoxy) is 1. The van der Waals surface area contributed by atoms with Crippen LogP contribution in [-0.4, -0.2) is 23.8 Å². The fourth-order valence-electron chi connectivity index (χ4n) is 3.73. The first-order chi connectivity index (χ1) is 14.3. The maximum absolute atomic E-state index is 14.7. The predicted octanol–water partition coefficient (Wildman–Crippen LogP) is 3.43. The zero-order valence-corrected chi connectivity index (χ0v) is 16.8. The van der Waals surface area contributed by atoms with Crippen LogP contribution < -0.4 is 16.2 Å². The summed E-state index contributed by atoms with van der Waals surface area (Å²) in [6, 6.07) is 9.68. The Morgan fingerprint density at radius 1 is 1.33 bits per heavy atom. The van der Waals surface area contributed by atoms with Gasteiger partial charge in [-0.05, 0) is 23.8 Å². The van der Waals surface area contributed by atoms with Crippen LogP contribution in [0.3, 0.4) is 0 Å². The molecule has 30 heavy (non-hydrogen) atoms. The number of halogens is 2. The lowest BCUT2D eigenvalue weighted by molar-refractivity contribution is -0.129. The number of hydrogen-bond acceptors (Lipinski definition) is 5. The summed E-state index contributed by atoms with van der Waals surface area (Å²) in [6.45, 7) is 3.71. The topological polar surface area (TPSA) is 93.9 Å². The van der Waals surface area contributed by atoms with Gasteiger partial charge in [-0.15, -0.1) is 0 Å². The van der Waals surface area contributed by atoms with Crippen molar-refractivity contribution in [3.63, 3.8) is 0 Å². The highest BCUT2D eigenvalue weighted by atomic mass is 35.5. The van der Waals surface area contributed by atoms with Gasteiger partial charge in [-0.2, -0.15) is 0 Å². The Labute approximate surface area is 177 Å². The molecule has 0 aliphatic carbocycles. The van der Waals surface area contributed by atoms with Crippen molar-refractivity contribution in [3.8, 4) is 16.9 Å². The molecule has 0 saturated carbocycles. The lowest BCUT2D eigenvalue weighted by atomic mass is 9.78. The summed E-state index contributed by atoms with van der Waals surface area (Å²) in [5, 5.41) is -0.00396. The first-order valence-corrected chi connectivity index (χ1v) is 9.38. The molecule has 0 aromatic heterocycles. The Balaban J connectivity index is 2.05. The van der Waals surface area contributed by atoms with E-state index in [1.807, 2.05) is 0 Å². The Bertz CT molecular complexity index is 1190. The highest BCUT2D eigenvalue weighted by Crippen LogP contribution is 2.51. The van der Waals surface area contributed by atoms with Crippen LogP contribution >= 0.6 is 11.6 Å². The molecule has 1 atom stereocenters. The number of amides is 1. The molecule has 4 rings (SSSR count). The summed E-state index contributed by atoms with van der Waals surface area (Å²) >= 11 is 5.95. The van der Waals surface area contributed by atoms with E-state index < -0.39 is 11.4 Å². The quantitative estimate of drug-likeness (QED) is 0.772. The van der Waals surface area contributed by atoms with Crippen molar-refractivity contribution in [3.05, 3.63) is 89.1 Å². The van der Waals surface area contributed by atoms with Gasteiger partial charge in [0.1, 0.15) is 17.3 Å². The number of aliphatic imine (C=N–C) groups is 1. The molecular weight excluding hydrogens is 407 g/mol. The molecule has 2 heterocycles. The summed E-state index contributed by atoms with van der Waals surface area (Å²) < 4.78 is 20.6. The van der Waals surface area contributed by atoms with Gasteiger partial charge in [0.15, 0.2) is 5.96 Å². The Morgan fingerprint density at radius 2 is 2.10 bits per heavy atom. The van der Waals surface area contributed by atoms with Crippen molar-refractivity contribution in [1.82, 2.24) is 4.90 Å². The zero-order valence-electron chi connectivity index (χ0n) is 16.0. The van der Waals surface area contributed by atoms with E-state index in [-0.39, 0.29) is 28.2 Å². The second-order valence-electron chi connectivity index (χ2n) is 6.81. The molecule has 0 radical (unpaired) electrons. The van der Waals surface area contributed by atoms with Gasteiger partial charge in [-0.3, -0.25) is 9.69 Å². The van der Waals surface area contributed by atoms with Gasteiger partial charge < -0.3 is 16.2 Å². The molecule has 6 nitrogen and oxygen atoms in total. The molecule has 0 bridgehead atoms. The molecular formula is C22H18ClFN4O2. The number of likely N-dealkylation sites (N-methyl/N-ethyl adjacent to an activating group) is 1. The molecule has 2 aromatic rings. The third-order valence-corrected chi connectivity index (χ3v) is 5.47. The third kappa shape index (κ3) is 2.63. The van der Waals surface area contributed by atoms with E-state index in [0.717, 1.165) is 0 Å². The minimum absolute atomic E-state index is 0.00396. The summed E-state index contributed by atoms with van der Waals surface area (Å²) in [4.78, 5) is 19.2. The number of hydrogen-bond donors (Lipinski definition) is 2. The van der Waals surface area contributed by atoms with Crippen LogP contribution in [0.2, 0.25) is 5.02 Å². The second kappa shape index (κ2) is 7.03. The van der Waals surface area contributed by atoms with Crippen LogP contribution in [0.1, 0.15) is 5.56 Å². The van der Waals surface area contributed by atoms with E-state index in [9.17, 15) is 9.18 Å². The van der Waals surface area contributed by atoms with E-state index in [1.54, 1.807) is 36.4 Å². The monoisotopic (exact) mass is 424 g/mol. The number of guanidine groups is 1. The number of nitrogens with two attached hydrogens (primary N) is 2. The highest BCUT2D eigenvalue weighted by molar-refractivity contribution is 6.31. The largest absolute Gasteiger partial charge is 0.455 e. The Morgan fingerprint density at radius 3 is 2.73 bits per heavy atom. The number of allylic oxidation sites excluding steroid dienone is 2. The fraction of sp³-hybridized carbons (Fsp3) is 0.0909. The van der Waals surface area contributed by atoms with E-state index in [4.69, 9.17) is 27.8 Å². The summed E-state index contributed by atoms with van der Waals surface area (Å²) in [5.74, 6) is -0.296. The second-order valence-corrected chi connectivity index (χ2v) is 7.21. The molecule has 0 saturated heterocycles. The average Bonchev–Trinajstić information content (AvgIpc) is 2.96. The smallest absolute Gasteiger partial charge is 0.266 e. The molecule has 2 aromatic carbocycles. The Kier molecular flexibility index (Phi) is 4.63. The number of carbonyl (C=O) groups is 1. The van der Waals surface area contributed by atoms with E-state index >= 15 is 0 Å². The van der Waals surface area contributed by atoms with Gasteiger partial charge >= 0.3 is 0 Å². The molecule has 8 heteroatoms. The van der Waals surface area contributed by atoms with Gasteiger partial charge in [0.2, 0.25) is 5.54 Å². The minimum atomic E-state index is -1.53. The Hall–Kier alpha value is -3.58. The maximum atomic E-state index is 14.7. The summed E-state index contributed by atoms with van der Waals surface area (Å²) in [7, 11) is 1.53. The molecule has 2 aliphatic rings. The van der Waals surface area contributed by atoms with Crippen molar-refractivity contribution >= 4 is 23.5 Å². The SMILES string of the molecule is C=C/C=C1\C(=C/N)Oc2ccc(-c3cccc(Cl)c3F)cc2C12N=C(N)N(C)C2=O. The van der Waals surface area contributed by atoms with Crippen molar-refractivity contribution in [1.29, 1.82) is 0 Å². The van der Waals surface area contributed by atoms with Crippen LogP contribution in [0.15, 0.2) is 77.7 Å². The molecule has 0 fully saturated rings. The molecule has 152 valence electrons. The van der Waals surface area contributed by atoms with E-state index in [2.05, 4.69) is 11.6 Å². The van der Waals surface area contributed by atoms with Crippen LogP contribution in [-0.2, 0) is 10.3 Å². The van der Waals surface area contributed by atoms with Gasteiger partial charge in [-0.1, -0.05) is 48.5 Å². The fourth-order valence-corrected chi connectivity index (χ4v) is 3.90. The molecule has 2 aliphatic heterocycles. The number of fused-ring (bicyclic) bond motifs is 2. The lowest BCUT2D eigenvalue weighted by Gasteiger charge is -2.35. The van der Waals surface area contributed by atoms with Crippen LogP contribution in [0.4, 0.5) is 4.39 Å². The molecule has 4 N–H and O–H groups in total. The zero-order chi connectivity index (χ0) is 21.6. The van der Waals surface area contributed by atoms with E-state index in [1.165, 1.54) is 30.3 Å². The number of rotatable bonds is 2. The van der Waals surface area contributed by atoms with Crippen LogP contribution in [0.5, 0.6) is 5.75 Å². The number of nitrogens with zero attached hydrogens (tertiary/aromatic N) is 2. The first kappa shape index (κ1) is 19.7. The molecule has 1 spiro atoms. The van der Waals surface area contributed by atoms with Gasteiger partial charge in [-0.25, -0.2) is 9.38 Å². The van der Waals surface area contributed by atoms with Crippen molar-refractivity contribution in [2.45, 2.75) is 5.54 Å². The highest BCUT2D eigenvalue weighted by Gasteiger charge is 2.55. The third-order valence-electron chi connectivity index (χ3n) is 5.18. The standard InChI is InChI=1S/C22H18ClFN4O2/c1-3-5-14-18(11-25)30-17-9-8-12(13-6-4-7-16(23)19(13)24)10-15(17)22(14)20(29)28(2)21(26)27-22/h3-11H,1,25H2,2H3,(H2,26,27)/b14-5+,18-11+. The number of benzene rings is 2. The van der Waals surface area contributed by atoms with E-state index in [0.29, 0.717) is 22.4 Å². The van der Waals surface area contributed by atoms with Gasteiger partial charge in [0.05, 0.1) is 5.02 Å². The molecule has 1 amide bonds. The first-order valence-electron chi connectivity index (χ1n) is 9.00. The van der Waals surface area contributed by atoms with Crippen molar-refractivity contribution in [2.75, 3.05) is 7.05 Å². The van der Waals surface area contributed by atoms with Crippen molar-refractivity contribution < 1.29 is 13.9 Å².